The molecule has 0 saturated heterocycles. The van der Waals surface area contributed by atoms with E-state index in [2.05, 4.69) is 13.8 Å². The molecule has 10 heavy (non-hydrogen) atoms. The SMILES string of the molecule is CCCC1C2CC(C)C1C2. The monoisotopic (exact) mass is 138 g/mol. The summed E-state index contributed by atoms with van der Waals surface area (Å²) in [7, 11) is 0. The summed E-state index contributed by atoms with van der Waals surface area (Å²) in [6.45, 7) is 4.77. The lowest BCUT2D eigenvalue weighted by atomic mass is 9.69. The Labute approximate surface area is 64.0 Å². The van der Waals surface area contributed by atoms with E-state index in [1.165, 1.54) is 12.8 Å². The van der Waals surface area contributed by atoms with Gasteiger partial charge in [0, 0.05) is 0 Å². The van der Waals surface area contributed by atoms with Gasteiger partial charge in [0.1, 0.15) is 0 Å². The normalized spacial score (nSPS) is 51.0. The molecule has 0 heterocycles. The molecule has 3 saturated carbocycles. The van der Waals surface area contributed by atoms with Gasteiger partial charge in [-0.25, -0.2) is 0 Å². The van der Waals surface area contributed by atoms with Crippen molar-refractivity contribution < 1.29 is 0 Å². The van der Waals surface area contributed by atoms with Gasteiger partial charge in [0.15, 0.2) is 0 Å². The van der Waals surface area contributed by atoms with Crippen LogP contribution in [-0.4, -0.2) is 0 Å². The first-order valence-electron chi connectivity index (χ1n) is 4.83. The first-order valence-corrected chi connectivity index (χ1v) is 4.83. The van der Waals surface area contributed by atoms with Crippen LogP contribution in [0.1, 0.15) is 39.5 Å². The van der Waals surface area contributed by atoms with E-state index in [1.807, 2.05) is 0 Å². The van der Waals surface area contributed by atoms with Crippen molar-refractivity contribution >= 4 is 0 Å². The highest BCUT2D eigenvalue weighted by atomic mass is 14.5. The smallest absolute Gasteiger partial charge is 0.0355 e. The first-order chi connectivity index (χ1) is 4.83. The molecule has 0 aromatic carbocycles. The first kappa shape index (κ1) is 6.69. The lowest BCUT2D eigenvalue weighted by molar-refractivity contribution is 0.131. The van der Waals surface area contributed by atoms with Crippen molar-refractivity contribution in [3.63, 3.8) is 0 Å². The van der Waals surface area contributed by atoms with E-state index < -0.39 is 0 Å². The van der Waals surface area contributed by atoms with Crippen molar-refractivity contribution in [2.24, 2.45) is 23.7 Å². The fraction of sp³-hybridized carbons (Fsp3) is 1.00. The summed E-state index contributed by atoms with van der Waals surface area (Å²) in [6, 6.07) is 0. The average molecular weight is 138 g/mol. The lowest BCUT2D eigenvalue weighted by Gasteiger charge is -2.36. The molecule has 0 N–H and O–H groups in total. The van der Waals surface area contributed by atoms with Gasteiger partial charge in [-0.1, -0.05) is 26.7 Å². The lowest BCUT2D eigenvalue weighted by Crippen LogP contribution is -2.28. The third kappa shape index (κ3) is 0.741. The molecule has 0 nitrogen and oxygen atoms in total. The highest BCUT2D eigenvalue weighted by Crippen LogP contribution is 2.58. The van der Waals surface area contributed by atoms with Crippen LogP contribution in [0.15, 0.2) is 0 Å². The van der Waals surface area contributed by atoms with Crippen LogP contribution in [0.25, 0.3) is 0 Å². The van der Waals surface area contributed by atoms with Crippen LogP contribution in [0.2, 0.25) is 0 Å². The molecule has 0 aromatic rings. The second kappa shape index (κ2) is 2.25. The van der Waals surface area contributed by atoms with Gasteiger partial charge in [0.2, 0.25) is 0 Å². The fourth-order valence-electron chi connectivity index (χ4n) is 3.21. The maximum absolute atomic E-state index is 2.44. The van der Waals surface area contributed by atoms with E-state index in [-0.39, 0.29) is 0 Å². The van der Waals surface area contributed by atoms with E-state index >= 15 is 0 Å². The Bertz CT molecular complexity index is 128. The van der Waals surface area contributed by atoms with Gasteiger partial charge >= 0.3 is 0 Å². The summed E-state index contributed by atoms with van der Waals surface area (Å²) in [4.78, 5) is 0. The minimum Gasteiger partial charge on any atom is -0.0654 e. The molecule has 4 atom stereocenters. The Morgan fingerprint density at radius 1 is 1.30 bits per heavy atom. The topological polar surface area (TPSA) is 0 Å². The highest BCUT2D eigenvalue weighted by molar-refractivity contribution is 4.99. The molecule has 0 heteroatoms. The number of rotatable bonds is 2. The molecule has 0 radical (unpaired) electrons. The molecule has 0 amide bonds. The van der Waals surface area contributed by atoms with Gasteiger partial charge in [-0.2, -0.15) is 0 Å². The predicted molar refractivity (Wildman–Crippen MR) is 43.8 cm³/mol. The van der Waals surface area contributed by atoms with E-state index in [9.17, 15) is 0 Å². The predicted octanol–water partition coefficient (Wildman–Crippen LogP) is 3.08. The van der Waals surface area contributed by atoms with E-state index in [0.29, 0.717) is 0 Å². The van der Waals surface area contributed by atoms with Gasteiger partial charge < -0.3 is 0 Å². The Kier molecular flexibility index (Phi) is 1.51. The molecule has 0 aromatic heterocycles. The van der Waals surface area contributed by atoms with Gasteiger partial charge in [0.05, 0.1) is 0 Å². The molecule has 0 aliphatic heterocycles. The summed E-state index contributed by atoms with van der Waals surface area (Å²) in [5.41, 5.74) is 0. The standard InChI is InChI=1S/C10H18/c1-3-4-9-8-5-7(2)10(9)6-8/h7-10H,3-6H2,1-2H3. The van der Waals surface area contributed by atoms with Crippen LogP contribution in [0.5, 0.6) is 0 Å². The highest BCUT2D eigenvalue weighted by Gasteiger charge is 2.49. The molecule has 3 aliphatic carbocycles. The molecular weight excluding hydrogens is 120 g/mol. The zero-order chi connectivity index (χ0) is 7.14. The molecule has 0 spiro atoms. The Morgan fingerprint density at radius 3 is 2.50 bits per heavy atom. The van der Waals surface area contributed by atoms with Gasteiger partial charge in [-0.05, 0) is 36.5 Å². The van der Waals surface area contributed by atoms with Crippen molar-refractivity contribution in [1.29, 1.82) is 0 Å². The minimum absolute atomic E-state index is 1.07. The second-order valence-corrected chi connectivity index (χ2v) is 4.33. The van der Waals surface area contributed by atoms with Crippen molar-refractivity contribution in [3.05, 3.63) is 0 Å². The van der Waals surface area contributed by atoms with Crippen LogP contribution in [0.4, 0.5) is 0 Å². The van der Waals surface area contributed by atoms with Crippen LogP contribution < -0.4 is 0 Å². The zero-order valence-corrected chi connectivity index (χ0v) is 7.14. The van der Waals surface area contributed by atoms with Crippen LogP contribution in [0.3, 0.4) is 0 Å². The van der Waals surface area contributed by atoms with Crippen LogP contribution in [0, 0.1) is 23.7 Å². The third-order valence-electron chi connectivity index (χ3n) is 3.76. The summed E-state index contributed by atoms with van der Waals surface area (Å²) >= 11 is 0. The van der Waals surface area contributed by atoms with Gasteiger partial charge in [-0.3, -0.25) is 0 Å². The van der Waals surface area contributed by atoms with Crippen molar-refractivity contribution in [3.8, 4) is 0 Å². The van der Waals surface area contributed by atoms with E-state index in [0.717, 1.165) is 23.7 Å². The third-order valence-corrected chi connectivity index (χ3v) is 3.76. The summed E-state index contributed by atoms with van der Waals surface area (Å²) in [5.74, 6) is 4.52. The summed E-state index contributed by atoms with van der Waals surface area (Å²) < 4.78 is 0. The molecule has 3 aliphatic rings. The zero-order valence-electron chi connectivity index (χ0n) is 7.14. The van der Waals surface area contributed by atoms with E-state index in [1.54, 1.807) is 12.8 Å². The molecule has 4 unspecified atom stereocenters. The number of hydrogen-bond acceptors (Lipinski definition) is 0. The largest absolute Gasteiger partial charge is 0.0654 e. The fourth-order valence-corrected chi connectivity index (χ4v) is 3.21. The molecule has 3 fully saturated rings. The van der Waals surface area contributed by atoms with Gasteiger partial charge in [0.25, 0.3) is 0 Å². The summed E-state index contributed by atoms with van der Waals surface area (Å²) in [5, 5.41) is 0. The second-order valence-electron chi connectivity index (χ2n) is 4.33. The Balaban J connectivity index is 1.92. The van der Waals surface area contributed by atoms with Crippen molar-refractivity contribution in [2.75, 3.05) is 0 Å². The van der Waals surface area contributed by atoms with Crippen LogP contribution >= 0.6 is 0 Å². The minimum atomic E-state index is 1.07. The van der Waals surface area contributed by atoms with Crippen LogP contribution in [-0.2, 0) is 0 Å². The summed E-state index contributed by atoms with van der Waals surface area (Å²) in [6.07, 6.45) is 6.05. The van der Waals surface area contributed by atoms with E-state index in [4.69, 9.17) is 0 Å². The quantitative estimate of drug-likeness (QED) is 0.550. The number of hydrogen-bond donors (Lipinski definition) is 0. The Morgan fingerprint density at radius 2 is 2.10 bits per heavy atom. The van der Waals surface area contributed by atoms with Crippen molar-refractivity contribution in [2.45, 2.75) is 39.5 Å². The number of fused-ring (bicyclic) bond motifs is 1. The Hall–Kier alpha value is 0. The molecule has 2 bridgehead atoms. The van der Waals surface area contributed by atoms with Crippen molar-refractivity contribution in [1.82, 2.24) is 0 Å². The maximum atomic E-state index is 2.44. The van der Waals surface area contributed by atoms with Gasteiger partial charge in [-0.15, -0.1) is 0 Å². The molecule has 3 rings (SSSR count). The molecule has 58 valence electrons. The maximum Gasteiger partial charge on any atom is -0.0355 e. The average Bonchev–Trinajstić information content (AvgIpc) is 2.37. The molecular formula is C10H18.